The highest BCUT2D eigenvalue weighted by molar-refractivity contribution is 5.44. The smallest absolute Gasteiger partial charge is 0.419 e. The minimum Gasteiger partial charge on any atom is -0.496 e. The van der Waals surface area contributed by atoms with Crippen LogP contribution >= 0.6 is 0 Å². The number of halogens is 3. The van der Waals surface area contributed by atoms with Gasteiger partial charge >= 0.3 is 6.18 Å². The molecule has 0 spiro atoms. The first kappa shape index (κ1) is 13.2. The molecule has 0 saturated heterocycles. The molecule has 2 rings (SSSR count). The molecular formula is C13H16F3NO. The van der Waals surface area contributed by atoms with Gasteiger partial charge in [-0.2, -0.15) is 13.2 Å². The van der Waals surface area contributed by atoms with E-state index in [9.17, 15) is 13.2 Å². The van der Waals surface area contributed by atoms with E-state index in [4.69, 9.17) is 10.5 Å². The van der Waals surface area contributed by atoms with Crippen molar-refractivity contribution in [3.63, 3.8) is 0 Å². The van der Waals surface area contributed by atoms with Crippen molar-refractivity contribution in [2.45, 2.75) is 37.4 Å². The molecule has 2 N–H and O–H groups in total. The average Bonchev–Trinajstić information content (AvgIpc) is 3.08. The highest BCUT2D eigenvalue weighted by Gasteiger charge is 2.48. The fourth-order valence-corrected chi connectivity index (χ4v) is 2.38. The van der Waals surface area contributed by atoms with Crippen LogP contribution in [0.5, 0.6) is 5.75 Å². The highest BCUT2D eigenvalue weighted by atomic mass is 19.4. The number of methoxy groups -OCH3 is 1. The molecule has 5 heteroatoms. The molecule has 100 valence electrons. The second kappa shape index (κ2) is 4.16. The quantitative estimate of drug-likeness (QED) is 0.905. The maximum absolute atomic E-state index is 12.9. The molecule has 1 aliphatic rings. The van der Waals surface area contributed by atoms with Gasteiger partial charge in [-0.05, 0) is 37.5 Å². The van der Waals surface area contributed by atoms with Crippen LogP contribution in [0.4, 0.5) is 13.2 Å². The van der Waals surface area contributed by atoms with Gasteiger partial charge in [-0.1, -0.05) is 6.07 Å². The lowest BCUT2D eigenvalue weighted by Gasteiger charge is -2.22. The Bertz CT molecular complexity index is 450. The van der Waals surface area contributed by atoms with Crippen molar-refractivity contribution in [2.24, 2.45) is 5.73 Å². The van der Waals surface area contributed by atoms with E-state index in [0.29, 0.717) is 5.56 Å². The summed E-state index contributed by atoms with van der Waals surface area (Å²) in [6.07, 6.45) is -2.72. The zero-order valence-electron chi connectivity index (χ0n) is 10.3. The van der Waals surface area contributed by atoms with Crippen molar-refractivity contribution >= 4 is 0 Å². The maximum Gasteiger partial charge on any atom is 0.419 e. The van der Waals surface area contributed by atoms with E-state index in [1.54, 1.807) is 6.07 Å². The Hall–Kier alpha value is -1.23. The monoisotopic (exact) mass is 259 g/mol. The highest BCUT2D eigenvalue weighted by Crippen LogP contribution is 2.51. The van der Waals surface area contributed by atoms with Crippen LogP contribution in [0.1, 0.15) is 30.9 Å². The zero-order chi connectivity index (χ0) is 13.6. The summed E-state index contributed by atoms with van der Waals surface area (Å²) in [6, 6.07) is 4.09. The predicted molar refractivity (Wildman–Crippen MR) is 62.6 cm³/mol. The molecule has 18 heavy (non-hydrogen) atoms. The van der Waals surface area contributed by atoms with E-state index in [2.05, 4.69) is 0 Å². The van der Waals surface area contributed by atoms with E-state index < -0.39 is 11.7 Å². The summed E-state index contributed by atoms with van der Waals surface area (Å²) in [7, 11) is 1.24. The fourth-order valence-electron chi connectivity index (χ4n) is 2.38. The van der Waals surface area contributed by atoms with Gasteiger partial charge in [0.05, 0.1) is 12.7 Å². The van der Waals surface area contributed by atoms with Crippen LogP contribution in [0.2, 0.25) is 0 Å². The second-order valence-corrected chi connectivity index (χ2v) is 4.86. The molecule has 0 aromatic heterocycles. The third-order valence-corrected chi connectivity index (χ3v) is 3.74. The maximum atomic E-state index is 12.9. The fraction of sp³-hybridized carbons (Fsp3) is 0.538. The van der Waals surface area contributed by atoms with Gasteiger partial charge in [0.15, 0.2) is 0 Å². The zero-order valence-corrected chi connectivity index (χ0v) is 10.3. The predicted octanol–water partition coefficient (Wildman–Crippen LogP) is 3.09. The van der Waals surface area contributed by atoms with Crippen LogP contribution in [0.25, 0.3) is 0 Å². The summed E-state index contributed by atoms with van der Waals surface area (Å²) in [5.74, 6) is -0.147. The first-order valence-electron chi connectivity index (χ1n) is 5.82. The Kier molecular flexibility index (Phi) is 3.05. The molecule has 0 radical (unpaired) electrons. The molecule has 2 nitrogen and oxygen atoms in total. The summed E-state index contributed by atoms with van der Waals surface area (Å²) in [5, 5.41) is 0. The molecule has 1 aromatic rings. The molecule has 0 amide bonds. The molecule has 1 aliphatic carbocycles. The molecule has 1 fully saturated rings. The van der Waals surface area contributed by atoms with Crippen LogP contribution in [-0.2, 0) is 11.6 Å². The van der Waals surface area contributed by atoms with Crippen molar-refractivity contribution in [3.8, 4) is 5.75 Å². The lowest BCUT2D eigenvalue weighted by molar-refractivity contribution is -0.138. The van der Waals surface area contributed by atoms with E-state index in [1.807, 2.05) is 6.92 Å². The number of rotatable bonds is 3. The van der Waals surface area contributed by atoms with E-state index in [1.165, 1.54) is 19.2 Å². The molecule has 1 saturated carbocycles. The van der Waals surface area contributed by atoms with Crippen LogP contribution in [0, 0.1) is 0 Å². The summed E-state index contributed by atoms with van der Waals surface area (Å²) >= 11 is 0. The third kappa shape index (κ3) is 2.07. The number of nitrogens with two attached hydrogens (primary N) is 1. The summed E-state index contributed by atoms with van der Waals surface area (Å²) in [4.78, 5) is 0. The molecule has 0 bridgehead atoms. The van der Waals surface area contributed by atoms with Crippen LogP contribution in [0.3, 0.4) is 0 Å². The van der Waals surface area contributed by atoms with E-state index in [0.717, 1.165) is 12.8 Å². The van der Waals surface area contributed by atoms with Crippen LogP contribution in [0.15, 0.2) is 18.2 Å². The van der Waals surface area contributed by atoms with E-state index >= 15 is 0 Å². The van der Waals surface area contributed by atoms with Gasteiger partial charge in [-0.3, -0.25) is 0 Å². The van der Waals surface area contributed by atoms with Gasteiger partial charge in [0.25, 0.3) is 0 Å². The lowest BCUT2D eigenvalue weighted by Crippen LogP contribution is -2.31. The van der Waals surface area contributed by atoms with Crippen molar-refractivity contribution in [1.82, 2.24) is 0 Å². The van der Waals surface area contributed by atoms with Crippen molar-refractivity contribution < 1.29 is 17.9 Å². The van der Waals surface area contributed by atoms with Gasteiger partial charge in [0.2, 0.25) is 0 Å². The van der Waals surface area contributed by atoms with Crippen molar-refractivity contribution in [1.29, 1.82) is 0 Å². The molecular weight excluding hydrogens is 243 g/mol. The Balaban J connectivity index is 2.47. The third-order valence-electron chi connectivity index (χ3n) is 3.74. The Labute approximate surface area is 104 Å². The molecule has 1 atom stereocenters. The minimum absolute atomic E-state index is 0.146. The Morgan fingerprint density at radius 2 is 1.94 bits per heavy atom. The number of hydrogen-bond donors (Lipinski definition) is 1. The summed E-state index contributed by atoms with van der Waals surface area (Å²) in [5.41, 5.74) is 5.53. The Morgan fingerprint density at radius 3 is 2.33 bits per heavy atom. The number of benzene rings is 1. The van der Waals surface area contributed by atoms with Crippen molar-refractivity contribution in [2.75, 3.05) is 7.11 Å². The van der Waals surface area contributed by atoms with Gasteiger partial charge < -0.3 is 10.5 Å². The number of hydrogen-bond acceptors (Lipinski definition) is 2. The van der Waals surface area contributed by atoms with Gasteiger partial charge in [-0.15, -0.1) is 0 Å². The summed E-state index contributed by atoms with van der Waals surface area (Å²) in [6.45, 7) is 1.84. The molecule has 0 aliphatic heterocycles. The second-order valence-electron chi connectivity index (χ2n) is 4.86. The normalized spacial score (nSPS) is 19.4. The SMILES string of the molecule is COc1ccc(C2(C(C)N)CC2)cc1C(F)(F)F. The van der Waals surface area contributed by atoms with Crippen LogP contribution in [-0.4, -0.2) is 13.2 Å². The first-order valence-corrected chi connectivity index (χ1v) is 5.82. The number of alkyl halides is 3. The summed E-state index contributed by atoms with van der Waals surface area (Å²) < 4.78 is 43.5. The van der Waals surface area contributed by atoms with Gasteiger partial charge in [0.1, 0.15) is 5.75 Å². The molecule has 1 aromatic carbocycles. The number of ether oxygens (including phenoxy) is 1. The van der Waals surface area contributed by atoms with Crippen molar-refractivity contribution in [3.05, 3.63) is 29.3 Å². The lowest BCUT2D eigenvalue weighted by atomic mass is 9.88. The molecule has 0 heterocycles. The first-order chi connectivity index (χ1) is 8.31. The molecule has 1 unspecified atom stereocenters. The van der Waals surface area contributed by atoms with Gasteiger partial charge in [-0.25, -0.2) is 0 Å². The average molecular weight is 259 g/mol. The largest absolute Gasteiger partial charge is 0.496 e. The Morgan fingerprint density at radius 1 is 1.33 bits per heavy atom. The topological polar surface area (TPSA) is 35.2 Å². The van der Waals surface area contributed by atoms with E-state index in [-0.39, 0.29) is 17.2 Å². The van der Waals surface area contributed by atoms with Crippen LogP contribution < -0.4 is 10.5 Å². The van der Waals surface area contributed by atoms with Gasteiger partial charge in [0, 0.05) is 11.5 Å². The standard InChI is InChI=1S/C13H16F3NO/c1-8(17)12(5-6-12)9-3-4-11(18-2)10(7-9)13(14,15)16/h3-4,7-8H,5-6,17H2,1-2H3. The minimum atomic E-state index is -4.41.